The minimum atomic E-state index is -0.487. The standard InChI is InChI=1S/C23H35NO4/c1-23(2,3)28-22(26)24-15-8-16-27-20-12-7-11-19(17-20)21(25)14-13-18-9-5-4-6-10-18/h4-6,9,12,17-18,21,25H,7-8,10-11,13-16H2,1-3H3,(H,24,26)/t18?,21-/m1/s1. The molecule has 0 fully saturated rings. The highest BCUT2D eigenvalue weighted by atomic mass is 16.6. The molecular weight excluding hydrogens is 354 g/mol. The summed E-state index contributed by atoms with van der Waals surface area (Å²) >= 11 is 0. The lowest BCUT2D eigenvalue weighted by atomic mass is 9.90. The smallest absolute Gasteiger partial charge is 0.407 e. The van der Waals surface area contributed by atoms with Gasteiger partial charge in [-0.1, -0.05) is 24.3 Å². The highest BCUT2D eigenvalue weighted by Crippen LogP contribution is 2.26. The number of ether oxygens (including phenoxy) is 2. The van der Waals surface area contributed by atoms with Crippen molar-refractivity contribution in [3.05, 3.63) is 47.8 Å². The van der Waals surface area contributed by atoms with Crippen molar-refractivity contribution in [2.45, 2.75) is 71.0 Å². The minimum absolute atomic E-state index is 0.402. The van der Waals surface area contributed by atoms with Gasteiger partial charge in [-0.2, -0.15) is 0 Å². The number of carbonyl (C=O) groups is 1. The third kappa shape index (κ3) is 8.79. The third-order valence-corrected chi connectivity index (χ3v) is 4.67. The molecule has 2 atom stereocenters. The molecule has 0 spiro atoms. The lowest BCUT2D eigenvalue weighted by molar-refractivity contribution is 0.0524. The van der Waals surface area contributed by atoms with Crippen molar-refractivity contribution < 1.29 is 19.4 Å². The van der Waals surface area contributed by atoms with Crippen molar-refractivity contribution in [2.75, 3.05) is 13.2 Å². The summed E-state index contributed by atoms with van der Waals surface area (Å²) in [5.74, 6) is 1.35. The Bertz CT molecular complexity index is 625. The first-order chi connectivity index (χ1) is 13.3. The Hall–Kier alpha value is -2.01. The summed E-state index contributed by atoms with van der Waals surface area (Å²) in [4.78, 5) is 11.6. The van der Waals surface area contributed by atoms with E-state index >= 15 is 0 Å². The molecule has 2 aliphatic rings. The zero-order chi connectivity index (χ0) is 20.4. The summed E-state index contributed by atoms with van der Waals surface area (Å²) in [6.07, 6.45) is 17.1. The summed E-state index contributed by atoms with van der Waals surface area (Å²) in [5, 5.41) is 13.3. The third-order valence-electron chi connectivity index (χ3n) is 4.67. The molecule has 0 saturated carbocycles. The van der Waals surface area contributed by atoms with Gasteiger partial charge in [0, 0.05) is 6.54 Å². The molecule has 0 heterocycles. The fourth-order valence-corrected chi connectivity index (χ4v) is 3.23. The molecule has 2 rings (SSSR count). The van der Waals surface area contributed by atoms with Crippen molar-refractivity contribution >= 4 is 6.09 Å². The number of amides is 1. The van der Waals surface area contributed by atoms with Crippen LogP contribution in [0.15, 0.2) is 47.8 Å². The van der Waals surface area contributed by atoms with Gasteiger partial charge in [-0.05, 0) is 82.9 Å². The quantitative estimate of drug-likeness (QED) is 0.556. The van der Waals surface area contributed by atoms with E-state index in [1.807, 2.05) is 26.8 Å². The van der Waals surface area contributed by atoms with Gasteiger partial charge in [-0.25, -0.2) is 4.79 Å². The van der Waals surface area contributed by atoms with Gasteiger partial charge in [-0.15, -0.1) is 0 Å². The van der Waals surface area contributed by atoms with Crippen LogP contribution < -0.4 is 5.32 Å². The molecular formula is C23H35NO4. The van der Waals surface area contributed by atoms with Gasteiger partial charge in [0.15, 0.2) is 0 Å². The molecule has 156 valence electrons. The summed E-state index contributed by atoms with van der Waals surface area (Å²) in [7, 11) is 0. The zero-order valence-electron chi connectivity index (χ0n) is 17.4. The van der Waals surface area contributed by atoms with Gasteiger partial charge >= 0.3 is 6.09 Å². The van der Waals surface area contributed by atoms with E-state index in [1.54, 1.807) is 0 Å². The maximum Gasteiger partial charge on any atom is 0.407 e. The molecule has 0 bridgehead atoms. The SMILES string of the molecule is CC(C)(C)OC(=O)NCCCOC1=CCCC([C@H](O)CCC2C=CC=CC2)=C1. The predicted molar refractivity (Wildman–Crippen MR) is 112 cm³/mol. The van der Waals surface area contributed by atoms with Crippen LogP contribution in [0.3, 0.4) is 0 Å². The molecule has 2 N–H and O–H groups in total. The number of rotatable bonds is 9. The van der Waals surface area contributed by atoms with Gasteiger partial charge in [0.1, 0.15) is 11.4 Å². The molecule has 5 nitrogen and oxygen atoms in total. The summed E-state index contributed by atoms with van der Waals surface area (Å²) in [6, 6.07) is 0. The Morgan fingerprint density at radius 3 is 2.89 bits per heavy atom. The second-order valence-electron chi connectivity index (χ2n) is 8.40. The number of aliphatic hydroxyl groups is 1. The molecule has 2 aliphatic carbocycles. The van der Waals surface area contributed by atoms with Crippen LogP contribution in [0.4, 0.5) is 4.79 Å². The van der Waals surface area contributed by atoms with Crippen LogP contribution >= 0.6 is 0 Å². The molecule has 1 unspecified atom stereocenters. The number of hydrogen-bond donors (Lipinski definition) is 2. The highest BCUT2D eigenvalue weighted by Gasteiger charge is 2.17. The van der Waals surface area contributed by atoms with Gasteiger partial charge < -0.3 is 19.9 Å². The van der Waals surface area contributed by atoms with E-state index in [9.17, 15) is 9.90 Å². The van der Waals surface area contributed by atoms with E-state index in [1.165, 1.54) is 0 Å². The van der Waals surface area contributed by atoms with Gasteiger partial charge in [-0.3, -0.25) is 0 Å². The summed E-state index contributed by atoms with van der Waals surface area (Å²) < 4.78 is 11.0. The van der Waals surface area contributed by atoms with Crippen LogP contribution in [-0.4, -0.2) is 36.1 Å². The maximum atomic E-state index is 11.6. The highest BCUT2D eigenvalue weighted by molar-refractivity contribution is 5.67. The number of hydrogen-bond acceptors (Lipinski definition) is 4. The maximum absolute atomic E-state index is 11.6. The average molecular weight is 390 g/mol. The van der Waals surface area contributed by atoms with Crippen LogP contribution in [0.25, 0.3) is 0 Å². The molecule has 0 aromatic carbocycles. The average Bonchev–Trinajstić information content (AvgIpc) is 2.65. The molecule has 0 saturated heterocycles. The summed E-state index contributed by atoms with van der Waals surface area (Å²) in [5.41, 5.74) is 0.569. The van der Waals surface area contributed by atoms with Crippen LogP contribution in [0, 0.1) is 5.92 Å². The van der Waals surface area contributed by atoms with Crippen LogP contribution in [-0.2, 0) is 9.47 Å². The number of alkyl carbamates (subject to hydrolysis) is 1. The van der Waals surface area contributed by atoms with Crippen LogP contribution in [0.1, 0.15) is 59.3 Å². The number of allylic oxidation sites excluding steroid dienone is 6. The van der Waals surface area contributed by atoms with E-state index in [0.717, 1.165) is 43.4 Å². The fraction of sp³-hybridized carbons (Fsp3) is 0.609. The lowest BCUT2D eigenvalue weighted by Crippen LogP contribution is -2.33. The second-order valence-corrected chi connectivity index (χ2v) is 8.40. The molecule has 5 heteroatoms. The monoisotopic (exact) mass is 389 g/mol. The van der Waals surface area contributed by atoms with E-state index < -0.39 is 17.8 Å². The Balaban J connectivity index is 1.65. The first kappa shape index (κ1) is 22.3. The first-order valence-electron chi connectivity index (χ1n) is 10.3. The Labute approximate surface area is 169 Å². The molecule has 0 aliphatic heterocycles. The first-order valence-corrected chi connectivity index (χ1v) is 10.3. The van der Waals surface area contributed by atoms with Gasteiger partial charge in [0.2, 0.25) is 0 Å². The normalized spacial score (nSPS) is 20.2. The minimum Gasteiger partial charge on any atom is -0.494 e. The van der Waals surface area contributed by atoms with E-state index in [-0.39, 0.29) is 0 Å². The van der Waals surface area contributed by atoms with E-state index in [0.29, 0.717) is 25.5 Å². The Morgan fingerprint density at radius 1 is 1.36 bits per heavy atom. The molecule has 0 aromatic rings. The van der Waals surface area contributed by atoms with E-state index in [2.05, 4.69) is 35.7 Å². The fourth-order valence-electron chi connectivity index (χ4n) is 3.23. The molecule has 0 aromatic heterocycles. The Morgan fingerprint density at radius 2 is 2.18 bits per heavy atom. The van der Waals surface area contributed by atoms with Gasteiger partial charge in [0.25, 0.3) is 0 Å². The number of nitrogens with one attached hydrogen (secondary N) is 1. The van der Waals surface area contributed by atoms with E-state index in [4.69, 9.17) is 9.47 Å². The molecule has 0 radical (unpaired) electrons. The number of carbonyl (C=O) groups excluding carboxylic acids is 1. The van der Waals surface area contributed by atoms with Gasteiger partial charge in [0.05, 0.1) is 12.7 Å². The zero-order valence-corrected chi connectivity index (χ0v) is 17.4. The molecule has 28 heavy (non-hydrogen) atoms. The predicted octanol–water partition coefficient (Wildman–Crippen LogP) is 4.80. The van der Waals surface area contributed by atoms with Crippen molar-refractivity contribution in [3.63, 3.8) is 0 Å². The summed E-state index contributed by atoms with van der Waals surface area (Å²) in [6.45, 7) is 6.54. The van der Waals surface area contributed by atoms with Crippen molar-refractivity contribution in [1.29, 1.82) is 0 Å². The largest absolute Gasteiger partial charge is 0.494 e. The van der Waals surface area contributed by atoms with Crippen LogP contribution in [0.5, 0.6) is 0 Å². The van der Waals surface area contributed by atoms with Crippen molar-refractivity contribution in [1.82, 2.24) is 5.32 Å². The molecule has 1 amide bonds. The second kappa shape index (κ2) is 11.1. The van der Waals surface area contributed by atoms with Crippen molar-refractivity contribution in [3.8, 4) is 0 Å². The van der Waals surface area contributed by atoms with Crippen molar-refractivity contribution in [2.24, 2.45) is 5.92 Å². The Kier molecular flexibility index (Phi) is 8.84. The van der Waals surface area contributed by atoms with Crippen LogP contribution in [0.2, 0.25) is 0 Å². The topological polar surface area (TPSA) is 67.8 Å². The number of aliphatic hydroxyl groups excluding tert-OH is 1. The lowest BCUT2D eigenvalue weighted by Gasteiger charge is -2.21.